The Balaban J connectivity index is 1.71. The average molecular weight is 378 g/mol. The average Bonchev–Trinajstić information content (AvgIpc) is 3.16. The minimum absolute atomic E-state index is 0.321. The van der Waals surface area contributed by atoms with E-state index in [0.717, 1.165) is 11.8 Å². The van der Waals surface area contributed by atoms with E-state index in [2.05, 4.69) is 45.8 Å². The Morgan fingerprint density at radius 3 is 2.56 bits per heavy atom. The molecule has 0 spiro atoms. The zero-order valence-corrected chi connectivity index (χ0v) is 15.7. The van der Waals surface area contributed by atoms with Gasteiger partial charge in [-0.05, 0) is 11.5 Å². The Morgan fingerprint density at radius 2 is 1.92 bits per heavy atom. The summed E-state index contributed by atoms with van der Waals surface area (Å²) in [5.74, 6) is 1.42. The number of hydrogen-bond donors (Lipinski definition) is 1. The Kier molecular flexibility index (Phi) is 4.87. The van der Waals surface area contributed by atoms with Crippen LogP contribution in [0, 0.1) is 0 Å². The van der Waals surface area contributed by atoms with E-state index in [1.54, 1.807) is 5.38 Å². The maximum atomic E-state index is 11.2. The van der Waals surface area contributed by atoms with Crippen LogP contribution in [0.25, 0.3) is 11.4 Å². The molecule has 132 valence electrons. The van der Waals surface area contributed by atoms with Crippen LogP contribution in [0.5, 0.6) is 0 Å². The fourth-order valence-corrected chi connectivity index (χ4v) is 3.77. The van der Waals surface area contributed by atoms with Crippen LogP contribution in [-0.4, -0.2) is 29.8 Å². The smallest absolute Gasteiger partial charge is 0.233 e. The Bertz CT molecular complexity index is 959. The maximum Gasteiger partial charge on any atom is 0.233 e. The molecule has 7 nitrogen and oxygen atoms in total. The quantitative estimate of drug-likeness (QED) is 0.707. The van der Waals surface area contributed by atoms with Crippen molar-refractivity contribution in [3.8, 4) is 11.4 Å². The molecular formula is C16H18N4O3S2. The van der Waals surface area contributed by atoms with Crippen molar-refractivity contribution >= 4 is 26.5 Å². The molecule has 0 bridgehead atoms. The molecule has 3 aromatic rings. The zero-order valence-electron chi connectivity index (χ0n) is 14.1. The Labute approximate surface area is 150 Å². The topological polar surface area (TPSA) is 98.0 Å². The molecule has 1 aromatic carbocycles. The monoisotopic (exact) mass is 378 g/mol. The van der Waals surface area contributed by atoms with Crippen LogP contribution in [-0.2, 0) is 16.4 Å². The highest BCUT2D eigenvalue weighted by Gasteiger charge is 2.13. The van der Waals surface area contributed by atoms with Gasteiger partial charge in [0.1, 0.15) is 0 Å². The van der Waals surface area contributed by atoms with Gasteiger partial charge in [-0.25, -0.2) is 13.4 Å². The van der Waals surface area contributed by atoms with Gasteiger partial charge >= 0.3 is 0 Å². The van der Waals surface area contributed by atoms with E-state index in [4.69, 9.17) is 4.52 Å². The van der Waals surface area contributed by atoms with Crippen LogP contribution >= 0.6 is 11.3 Å². The molecule has 25 heavy (non-hydrogen) atoms. The maximum absolute atomic E-state index is 11.2. The summed E-state index contributed by atoms with van der Waals surface area (Å²) in [5.41, 5.74) is 2.81. The van der Waals surface area contributed by atoms with Crippen LogP contribution in [0.4, 0.5) is 5.13 Å². The van der Waals surface area contributed by atoms with Gasteiger partial charge in [-0.2, -0.15) is 4.98 Å². The lowest BCUT2D eigenvalue weighted by Gasteiger charge is -2.04. The van der Waals surface area contributed by atoms with E-state index in [1.165, 1.54) is 16.9 Å². The van der Waals surface area contributed by atoms with E-state index >= 15 is 0 Å². The van der Waals surface area contributed by atoms with Gasteiger partial charge in [0.2, 0.25) is 21.7 Å². The van der Waals surface area contributed by atoms with Crippen molar-refractivity contribution in [2.24, 2.45) is 0 Å². The van der Waals surface area contributed by atoms with Crippen LogP contribution in [0.2, 0.25) is 0 Å². The van der Waals surface area contributed by atoms with Gasteiger partial charge in [0.15, 0.2) is 5.13 Å². The van der Waals surface area contributed by atoms with Gasteiger partial charge in [0.05, 0.1) is 18.4 Å². The standard InChI is InChI=1S/C16H18N4O3S2/c1-10(2)11-4-6-12(7-5-11)15-18-14(23-19-15)8-13-9-24-16(17-13)20-25(3,21)22/h4-7,9-10H,8H2,1-3H3,(H,17,20). The predicted molar refractivity (Wildman–Crippen MR) is 97.2 cm³/mol. The van der Waals surface area contributed by atoms with Crippen LogP contribution in [0.15, 0.2) is 34.2 Å². The molecule has 0 aliphatic heterocycles. The summed E-state index contributed by atoms with van der Waals surface area (Å²) in [4.78, 5) is 8.59. The molecule has 2 aromatic heterocycles. The van der Waals surface area contributed by atoms with Crippen molar-refractivity contribution in [3.63, 3.8) is 0 Å². The summed E-state index contributed by atoms with van der Waals surface area (Å²) in [5, 5.41) is 6.08. The highest BCUT2D eigenvalue weighted by molar-refractivity contribution is 7.92. The van der Waals surface area contributed by atoms with Crippen molar-refractivity contribution in [1.82, 2.24) is 15.1 Å². The fraction of sp³-hybridized carbons (Fsp3) is 0.312. The molecule has 1 N–H and O–H groups in total. The number of anilines is 1. The summed E-state index contributed by atoms with van der Waals surface area (Å²) in [6, 6.07) is 8.06. The normalized spacial score (nSPS) is 11.8. The third-order valence-electron chi connectivity index (χ3n) is 3.46. The lowest BCUT2D eigenvalue weighted by atomic mass is 10.0. The van der Waals surface area contributed by atoms with E-state index < -0.39 is 10.0 Å². The largest absolute Gasteiger partial charge is 0.339 e. The predicted octanol–water partition coefficient (Wildman–Crippen LogP) is 3.28. The van der Waals surface area contributed by atoms with E-state index in [-0.39, 0.29) is 0 Å². The zero-order chi connectivity index (χ0) is 18.0. The molecule has 0 fully saturated rings. The van der Waals surface area contributed by atoms with E-state index in [1.807, 2.05) is 12.1 Å². The Morgan fingerprint density at radius 1 is 1.20 bits per heavy atom. The molecule has 0 aliphatic rings. The second-order valence-electron chi connectivity index (χ2n) is 5.98. The summed E-state index contributed by atoms with van der Waals surface area (Å²) in [6.07, 6.45) is 1.43. The first kappa shape index (κ1) is 17.6. The van der Waals surface area contributed by atoms with E-state index in [0.29, 0.717) is 34.9 Å². The molecule has 0 atom stereocenters. The minimum atomic E-state index is -3.33. The molecule has 0 saturated carbocycles. The number of nitrogens with zero attached hydrogens (tertiary/aromatic N) is 3. The second-order valence-corrected chi connectivity index (χ2v) is 8.59. The van der Waals surface area contributed by atoms with Crippen molar-refractivity contribution in [2.45, 2.75) is 26.2 Å². The molecule has 0 unspecified atom stereocenters. The molecular weight excluding hydrogens is 360 g/mol. The van der Waals surface area contributed by atoms with Gasteiger partial charge in [0.25, 0.3) is 0 Å². The molecule has 0 amide bonds. The lowest BCUT2D eigenvalue weighted by Crippen LogP contribution is -2.09. The second kappa shape index (κ2) is 6.93. The molecule has 2 heterocycles. The third-order valence-corrected chi connectivity index (χ3v) is 4.96. The first-order chi connectivity index (χ1) is 11.8. The van der Waals surface area contributed by atoms with Crippen LogP contribution in [0.3, 0.4) is 0 Å². The minimum Gasteiger partial charge on any atom is -0.339 e. The SMILES string of the molecule is CC(C)c1ccc(-c2noc(Cc3csc(NS(C)(=O)=O)n3)n2)cc1. The molecule has 0 aliphatic carbocycles. The van der Waals surface area contributed by atoms with Gasteiger partial charge in [0, 0.05) is 10.9 Å². The van der Waals surface area contributed by atoms with Gasteiger partial charge in [-0.1, -0.05) is 43.3 Å². The van der Waals surface area contributed by atoms with Crippen LogP contribution in [0.1, 0.15) is 36.9 Å². The van der Waals surface area contributed by atoms with Crippen molar-refractivity contribution in [2.75, 3.05) is 11.0 Å². The molecule has 0 saturated heterocycles. The number of thiazole rings is 1. The number of aromatic nitrogens is 3. The van der Waals surface area contributed by atoms with Gasteiger partial charge < -0.3 is 4.52 Å². The summed E-state index contributed by atoms with van der Waals surface area (Å²) in [7, 11) is -3.33. The first-order valence-electron chi connectivity index (χ1n) is 7.65. The summed E-state index contributed by atoms with van der Waals surface area (Å²) >= 11 is 1.21. The number of benzene rings is 1. The highest BCUT2D eigenvalue weighted by atomic mass is 32.2. The van der Waals surface area contributed by atoms with E-state index in [9.17, 15) is 8.42 Å². The van der Waals surface area contributed by atoms with Gasteiger partial charge in [-0.15, -0.1) is 11.3 Å². The van der Waals surface area contributed by atoms with Gasteiger partial charge in [-0.3, -0.25) is 4.72 Å². The number of nitrogens with one attached hydrogen (secondary N) is 1. The fourth-order valence-electron chi connectivity index (χ4n) is 2.21. The van der Waals surface area contributed by atoms with Crippen molar-refractivity contribution in [3.05, 3.63) is 46.8 Å². The third kappa shape index (κ3) is 4.64. The molecule has 0 radical (unpaired) electrons. The van der Waals surface area contributed by atoms with Crippen LogP contribution < -0.4 is 4.72 Å². The van der Waals surface area contributed by atoms with Crippen molar-refractivity contribution in [1.29, 1.82) is 0 Å². The summed E-state index contributed by atoms with van der Waals surface area (Å²) in [6.45, 7) is 4.28. The molecule has 3 rings (SSSR count). The number of sulfonamides is 1. The van der Waals surface area contributed by atoms with Crippen molar-refractivity contribution < 1.29 is 12.9 Å². The number of rotatable bonds is 6. The number of hydrogen-bond acceptors (Lipinski definition) is 7. The Hall–Kier alpha value is -2.26. The molecule has 9 heteroatoms. The lowest BCUT2D eigenvalue weighted by molar-refractivity contribution is 0.385. The highest BCUT2D eigenvalue weighted by Crippen LogP contribution is 2.22. The first-order valence-corrected chi connectivity index (χ1v) is 10.4. The summed E-state index contributed by atoms with van der Waals surface area (Å²) < 4.78 is 30.0.